The minimum absolute atomic E-state index is 0.0277. The van der Waals surface area contributed by atoms with E-state index in [1.807, 2.05) is 13.8 Å². The van der Waals surface area contributed by atoms with Gasteiger partial charge >= 0.3 is 5.97 Å². The number of aliphatic carboxylic acids is 1. The van der Waals surface area contributed by atoms with E-state index < -0.39 is 17.6 Å². The fourth-order valence-electron chi connectivity index (χ4n) is 5.16. The first-order valence-electron chi connectivity index (χ1n) is 13.2. The number of carboxylic acids is 1. The maximum atomic E-state index is 15.0. The Balaban J connectivity index is 1.54. The first-order chi connectivity index (χ1) is 19.0. The lowest BCUT2D eigenvalue weighted by atomic mass is 9.84. The molecule has 40 heavy (non-hydrogen) atoms. The molecule has 0 bridgehead atoms. The molecular weight excluding hydrogens is 542 g/mol. The summed E-state index contributed by atoms with van der Waals surface area (Å²) in [7, 11) is 0. The second-order valence-corrected chi connectivity index (χ2v) is 10.5. The van der Waals surface area contributed by atoms with Gasteiger partial charge in [0, 0.05) is 24.4 Å². The van der Waals surface area contributed by atoms with Gasteiger partial charge in [-0.25, -0.2) is 8.78 Å². The highest BCUT2D eigenvalue weighted by atomic mass is 35.5. The molecule has 1 aliphatic carbocycles. The lowest BCUT2D eigenvalue weighted by Gasteiger charge is -2.36. The second kappa shape index (κ2) is 12.6. The van der Waals surface area contributed by atoms with Crippen LogP contribution in [0.5, 0.6) is 17.5 Å². The van der Waals surface area contributed by atoms with Crippen molar-refractivity contribution < 1.29 is 33.6 Å². The number of ether oxygens (including phenoxy) is 1. The third-order valence-corrected chi connectivity index (χ3v) is 7.94. The highest BCUT2D eigenvalue weighted by Gasteiger charge is 2.26. The van der Waals surface area contributed by atoms with E-state index in [0.717, 1.165) is 11.3 Å². The van der Waals surface area contributed by atoms with Crippen molar-refractivity contribution in [2.45, 2.75) is 58.7 Å². The number of hydrogen-bond acceptors (Lipinski definition) is 5. The number of carbonyl (C=O) groups is 1. The van der Waals surface area contributed by atoms with Crippen molar-refractivity contribution in [2.75, 3.05) is 6.61 Å². The smallest absolute Gasteiger partial charge is 0.306 e. The highest BCUT2D eigenvalue weighted by molar-refractivity contribution is 6.30. The minimum Gasteiger partial charge on any atom is -0.494 e. The molecule has 3 N–H and O–H groups in total. The Morgan fingerprint density at radius 3 is 2.35 bits per heavy atom. The van der Waals surface area contributed by atoms with Crippen LogP contribution in [0, 0.1) is 17.6 Å². The Morgan fingerprint density at radius 2 is 1.75 bits per heavy atom. The van der Waals surface area contributed by atoms with Gasteiger partial charge in [0.1, 0.15) is 12.4 Å². The van der Waals surface area contributed by atoms with Crippen LogP contribution in [-0.4, -0.2) is 37.4 Å². The Kier molecular flexibility index (Phi) is 9.25. The van der Waals surface area contributed by atoms with Gasteiger partial charge in [-0.05, 0) is 74.9 Å². The Morgan fingerprint density at radius 1 is 1.07 bits per heavy atom. The van der Waals surface area contributed by atoms with Crippen molar-refractivity contribution >= 4 is 17.6 Å². The minimum atomic E-state index is -0.779. The molecule has 1 aromatic heterocycles. The van der Waals surface area contributed by atoms with Crippen LogP contribution < -0.4 is 4.74 Å². The maximum Gasteiger partial charge on any atom is 0.306 e. The van der Waals surface area contributed by atoms with Crippen molar-refractivity contribution in [1.29, 1.82) is 0 Å². The summed E-state index contributed by atoms with van der Waals surface area (Å²) in [5.41, 5.74) is 3.47. The van der Waals surface area contributed by atoms with Crippen LogP contribution in [-0.2, 0) is 17.9 Å². The molecule has 0 radical (unpaired) electrons. The van der Waals surface area contributed by atoms with E-state index in [2.05, 4.69) is 4.90 Å². The van der Waals surface area contributed by atoms with E-state index in [-0.39, 0.29) is 47.6 Å². The highest BCUT2D eigenvalue weighted by Crippen LogP contribution is 2.36. The molecule has 214 valence electrons. The number of aromatic nitrogens is 1. The molecule has 1 aliphatic rings. The maximum absolute atomic E-state index is 15.0. The summed E-state index contributed by atoms with van der Waals surface area (Å²) in [6.45, 7) is 4.39. The third-order valence-electron chi connectivity index (χ3n) is 7.63. The number of carboxylic acid groups (broad SMARTS) is 1. The number of benzene rings is 2. The predicted octanol–water partition coefficient (Wildman–Crippen LogP) is 7.02. The van der Waals surface area contributed by atoms with Crippen molar-refractivity contribution in [3.05, 3.63) is 87.6 Å². The molecule has 1 fully saturated rings. The van der Waals surface area contributed by atoms with Crippen LogP contribution in [0.1, 0.15) is 56.7 Å². The molecule has 0 spiro atoms. The average molecular weight is 575 g/mol. The molecular formula is C30H33ClF2N2O5. The zero-order chi connectivity index (χ0) is 29.0. The van der Waals surface area contributed by atoms with Crippen LogP contribution in [0.3, 0.4) is 0 Å². The predicted molar refractivity (Wildman–Crippen MR) is 147 cm³/mol. The summed E-state index contributed by atoms with van der Waals surface area (Å²) in [4.78, 5) is 13.5. The number of allylic oxidation sites excluding steroid dienone is 2. The fraction of sp³-hybridized carbons (Fsp3) is 0.367. The van der Waals surface area contributed by atoms with Gasteiger partial charge in [-0.3, -0.25) is 9.36 Å². The molecule has 1 heterocycles. The summed E-state index contributed by atoms with van der Waals surface area (Å²) in [5.74, 6) is -2.42. The lowest BCUT2D eigenvalue weighted by Crippen LogP contribution is -2.28. The quantitative estimate of drug-likeness (QED) is 0.241. The van der Waals surface area contributed by atoms with Gasteiger partial charge in [-0.2, -0.15) is 0 Å². The van der Waals surface area contributed by atoms with Gasteiger partial charge in [0.15, 0.2) is 23.3 Å². The lowest BCUT2D eigenvalue weighted by molar-refractivity contribution is -0.142. The van der Waals surface area contributed by atoms with E-state index >= 15 is 4.39 Å². The van der Waals surface area contributed by atoms with Crippen LogP contribution in [0.15, 0.2) is 59.8 Å². The van der Waals surface area contributed by atoms with Crippen LogP contribution in [0.4, 0.5) is 8.78 Å². The van der Waals surface area contributed by atoms with Crippen molar-refractivity contribution in [3.8, 4) is 17.5 Å². The average Bonchev–Trinajstić information content (AvgIpc) is 3.26. The monoisotopic (exact) mass is 574 g/mol. The summed E-state index contributed by atoms with van der Waals surface area (Å²) in [6.07, 6.45) is 2.40. The number of hydrogen-bond donors (Lipinski definition) is 3. The van der Waals surface area contributed by atoms with Gasteiger partial charge in [0.25, 0.3) is 0 Å². The van der Waals surface area contributed by atoms with E-state index in [1.54, 1.807) is 12.1 Å². The zero-order valence-electron chi connectivity index (χ0n) is 22.4. The normalized spacial score (nSPS) is 16.0. The molecule has 1 atom stereocenters. The number of nitrogens with zero attached hydrogens (tertiary/aromatic N) is 2. The van der Waals surface area contributed by atoms with Crippen molar-refractivity contribution in [2.24, 2.45) is 5.92 Å². The molecule has 0 saturated heterocycles. The molecule has 0 aliphatic heterocycles. The third kappa shape index (κ3) is 6.70. The summed E-state index contributed by atoms with van der Waals surface area (Å²) >= 11 is 5.91. The molecule has 2 aromatic carbocycles. The Bertz CT molecular complexity index is 1380. The van der Waals surface area contributed by atoms with E-state index in [4.69, 9.17) is 16.3 Å². The van der Waals surface area contributed by atoms with Crippen LogP contribution >= 0.6 is 11.6 Å². The topological polar surface area (TPSA) is 95.2 Å². The van der Waals surface area contributed by atoms with Crippen LogP contribution in [0.2, 0.25) is 5.02 Å². The van der Waals surface area contributed by atoms with Gasteiger partial charge in [-0.15, -0.1) is 0 Å². The summed E-state index contributed by atoms with van der Waals surface area (Å²) in [5, 5.41) is 28.9. The molecule has 3 aromatic rings. The molecule has 1 unspecified atom stereocenters. The number of rotatable bonds is 10. The molecule has 1 saturated carbocycles. The van der Waals surface area contributed by atoms with Crippen LogP contribution in [0.25, 0.3) is 0 Å². The first kappa shape index (κ1) is 29.3. The van der Waals surface area contributed by atoms with Gasteiger partial charge in [0.05, 0.1) is 23.5 Å². The molecule has 10 heteroatoms. The van der Waals surface area contributed by atoms with E-state index in [0.29, 0.717) is 43.4 Å². The van der Waals surface area contributed by atoms with E-state index in [1.165, 1.54) is 41.0 Å². The first-order valence-corrected chi connectivity index (χ1v) is 13.5. The molecule has 7 nitrogen and oxygen atoms in total. The summed E-state index contributed by atoms with van der Waals surface area (Å²) in [6, 6.07) is 11.8. The molecule has 4 rings (SSSR count). The van der Waals surface area contributed by atoms with Gasteiger partial charge in [0.2, 0.25) is 0 Å². The Labute approximate surface area is 236 Å². The number of aromatic hydroxyl groups is 2. The SMILES string of the molecule is CC(=C1CCC(C(=O)O)CC1)N(Cc1ccc(OCCn2c(O)ccc2O)c(F)c1)C(C)c1ccc(Cl)c(F)c1. The fourth-order valence-corrected chi connectivity index (χ4v) is 5.27. The standard InChI is InChI=1S/C30H33ClF2N2O5/c1-18(21-4-6-22(7-5-21)30(38)39)35(19(2)23-8-9-24(31)25(32)16-23)17-20-3-10-27(26(33)15-20)40-14-13-34-28(36)11-12-29(34)37/h3,8-12,15-16,19,22,36-37H,4-7,13-14,17H2,1-2H3,(H,38,39). The van der Waals surface area contributed by atoms with Crippen molar-refractivity contribution in [1.82, 2.24) is 9.47 Å². The van der Waals surface area contributed by atoms with Gasteiger partial charge in [-0.1, -0.05) is 29.3 Å². The number of halogens is 3. The van der Waals surface area contributed by atoms with Crippen molar-refractivity contribution in [3.63, 3.8) is 0 Å². The largest absolute Gasteiger partial charge is 0.494 e. The second-order valence-electron chi connectivity index (χ2n) is 10.1. The zero-order valence-corrected chi connectivity index (χ0v) is 23.2. The Hall–Kier alpha value is -3.72. The van der Waals surface area contributed by atoms with Gasteiger partial charge < -0.3 is 25.0 Å². The summed E-state index contributed by atoms with van der Waals surface area (Å²) < 4.78 is 36.2. The van der Waals surface area contributed by atoms with E-state index in [9.17, 15) is 24.5 Å². The molecule has 0 amide bonds.